The third-order valence-electron chi connectivity index (χ3n) is 1.35. The number of carboxylic acid groups (broad SMARTS) is 1. The lowest BCUT2D eigenvalue weighted by atomic mass is 10.2. The Hall–Kier alpha value is -0.570. The van der Waals surface area contributed by atoms with Crippen molar-refractivity contribution < 1.29 is 9.90 Å². The molecule has 3 heteroatoms. The van der Waals surface area contributed by atoms with E-state index in [-0.39, 0.29) is 12.5 Å². The number of hydrogen-bond donors (Lipinski definition) is 1. The molecule has 3 nitrogen and oxygen atoms in total. The second-order valence-corrected chi connectivity index (χ2v) is 2.41. The van der Waals surface area contributed by atoms with Crippen LogP contribution in [-0.4, -0.2) is 36.1 Å². The molecule has 0 aromatic rings. The van der Waals surface area contributed by atoms with E-state index in [1.807, 2.05) is 25.9 Å². The standard InChI is InChI=1S/C6H13NO2/c1-5(7(2)3)4-6(8)9/h5H,4H2,1-3H3,(H,8,9)/t5-/m1/s1. The van der Waals surface area contributed by atoms with E-state index in [0.29, 0.717) is 0 Å². The van der Waals surface area contributed by atoms with E-state index in [4.69, 9.17) is 5.11 Å². The van der Waals surface area contributed by atoms with Crippen molar-refractivity contribution in [1.82, 2.24) is 4.90 Å². The zero-order valence-corrected chi connectivity index (χ0v) is 6.09. The van der Waals surface area contributed by atoms with Crippen LogP contribution in [0.15, 0.2) is 0 Å². The predicted octanol–water partition coefficient (Wildman–Crippen LogP) is 0.411. The van der Waals surface area contributed by atoms with Gasteiger partial charge in [0.15, 0.2) is 0 Å². The molecule has 0 saturated carbocycles. The van der Waals surface area contributed by atoms with E-state index in [2.05, 4.69) is 0 Å². The zero-order valence-electron chi connectivity index (χ0n) is 6.09. The van der Waals surface area contributed by atoms with Crippen molar-refractivity contribution >= 4 is 5.97 Å². The first-order chi connectivity index (χ1) is 4.04. The summed E-state index contributed by atoms with van der Waals surface area (Å²) in [5, 5.41) is 8.31. The molecule has 0 aromatic carbocycles. The van der Waals surface area contributed by atoms with Crippen molar-refractivity contribution in [3.63, 3.8) is 0 Å². The fourth-order valence-corrected chi connectivity index (χ4v) is 0.435. The van der Waals surface area contributed by atoms with Gasteiger partial charge in [-0.25, -0.2) is 0 Å². The molecule has 0 fully saturated rings. The molecule has 0 aliphatic rings. The molecule has 54 valence electrons. The highest BCUT2D eigenvalue weighted by Crippen LogP contribution is 1.96. The summed E-state index contributed by atoms with van der Waals surface area (Å²) >= 11 is 0. The average Bonchev–Trinajstić information content (AvgIpc) is 1.63. The van der Waals surface area contributed by atoms with Crippen LogP contribution >= 0.6 is 0 Å². The molecule has 1 N–H and O–H groups in total. The summed E-state index contributed by atoms with van der Waals surface area (Å²) in [5.74, 6) is -0.740. The maximum absolute atomic E-state index is 10.1. The minimum atomic E-state index is -0.740. The molecule has 0 rings (SSSR count). The molecule has 1 atom stereocenters. The molecule has 0 saturated heterocycles. The van der Waals surface area contributed by atoms with Crippen LogP contribution in [0.1, 0.15) is 13.3 Å². The molecule has 0 spiro atoms. The van der Waals surface area contributed by atoms with Crippen molar-refractivity contribution in [1.29, 1.82) is 0 Å². The summed E-state index contributed by atoms with van der Waals surface area (Å²) in [6, 6.07) is 0.127. The molecular weight excluding hydrogens is 118 g/mol. The maximum Gasteiger partial charge on any atom is 0.304 e. The van der Waals surface area contributed by atoms with E-state index in [1.165, 1.54) is 0 Å². The van der Waals surface area contributed by atoms with Crippen molar-refractivity contribution in [2.45, 2.75) is 19.4 Å². The second kappa shape index (κ2) is 3.45. The average molecular weight is 131 g/mol. The summed E-state index contributed by atoms with van der Waals surface area (Å²) in [5.41, 5.74) is 0. The highest BCUT2D eigenvalue weighted by Gasteiger charge is 2.07. The third kappa shape index (κ3) is 3.97. The van der Waals surface area contributed by atoms with Crippen LogP contribution in [0, 0.1) is 0 Å². The first kappa shape index (κ1) is 8.43. The number of carbonyl (C=O) groups is 1. The van der Waals surface area contributed by atoms with Crippen molar-refractivity contribution in [3.8, 4) is 0 Å². The van der Waals surface area contributed by atoms with Gasteiger partial charge in [-0.2, -0.15) is 0 Å². The van der Waals surface area contributed by atoms with Gasteiger partial charge in [0, 0.05) is 6.04 Å². The lowest BCUT2D eigenvalue weighted by Crippen LogP contribution is -2.26. The van der Waals surface area contributed by atoms with Crippen LogP contribution in [0.5, 0.6) is 0 Å². The molecule has 0 heterocycles. The molecular formula is C6H13NO2. The number of carboxylic acids is 1. The molecule has 0 bridgehead atoms. The first-order valence-corrected chi connectivity index (χ1v) is 2.92. The number of rotatable bonds is 3. The van der Waals surface area contributed by atoms with Gasteiger partial charge in [-0.1, -0.05) is 0 Å². The number of hydrogen-bond acceptors (Lipinski definition) is 2. The molecule has 0 amide bonds. The Bertz CT molecular complexity index is 101. The quantitative estimate of drug-likeness (QED) is 0.603. The molecule has 0 aliphatic heterocycles. The molecule has 0 aromatic heterocycles. The van der Waals surface area contributed by atoms with Crippen LogP contribution in [-0.2, 0) is 4.79 Å². The summed E-state index contributed by atoms with van der Waals surface area (Å²) in [4.78, 5) is 12.0. The van der Waals surface area contributed by atoms with E-state index in [1.54, 1.807) is 0 Å². The van der Waals surface area contributed by atoms with Gasteiger partial charge in [0.05, 0.1) is 6.42 Å². The molecule has 0 unspecified atom stereocenters. The molecule has 0 aliphatic carbocycles. The Balaban J connectivity index is 3.50. The normalized spacial score (nSPS) is 13.8. The van der Waals surface area contributed by atoms with Gasteiger partial charge in [0.25, 0.3) is 0 Å². The Morgan fingerprint density at radius 3 is 2.22 bits per heavy atom. The van der Waals surface area contributed by atoms with Gasteiger partial charge in [0.1, 0.15) is 0 Å². The van der Waals surface area contributed by atoms with Gasteiger partial charge in [-0.05, 0) is 21.0 Å². The molecule has 0 radical (unpaired) electrons. The van der Waals surface area contributed by atoms with Gasteiger partial charge in [-0.15, -0.1) is 0 Å². The fraction of sp³-hybridized carbons (Fsp3) is 0.833. The second-order valence-electron chi connectivity index (χ2n) is 2.41. The molecule has 9 heavy (non-hydrogen) atoms. The van der Waals surface area contributed by atoms with E-state index >= 15 is 0 Å². The van der Waals surface area contributed by atoms with Gasteiger partial charge in [-0.3, -0.25) is 4.79 Å². The highest BCUT2D eigenvalue weighted by atomic mass is 16.4. The van der Waals surface area contributed by atoms with Crippen LogP contribution in [0.2, 0.25) is 0 Å². The smallest absolute Gasteiger partial charge is 0.304 e. The van der Waals surface area contributed by atoms with Gasteiger partial charge < -0.3 is 10.0 Å². The van der Waals surface area contributed by atoms with Gasteiger partial charge in [0.2, 0.25) is 0 Å². The SMILES string of the molecule is C[C@H](CC(=O)O)N(C)C. The largest absolute Gasteiger partial charge is 0.481 e. The van der Waals surface area contributed by atoms with E-state index in [9.17, 15) is 4.79 Å². The van der Waals surface area contributed by atoms with Crippen molar-refractivity contribution in [2.24, 2.45) is 0 Å². The Morgan fingerprint density at radius 2 is 2.11 bits per heavy atom. The van der Waals surface area contributed by atoms with Gasteiger partial charge >= 0.3 is 5.97 Å². The van der Waals surface area contributed by atoms with Crippen LogP contribution in [0.3, 0.4) is 0 Å². The maximum atomic E-state index is 10.1. The summed E-state index contributed by atoms with van der Waals surface area (Å²) < 4.78 is 0. The third-order valence-corrected chi connectivity index (χ3v) is 1.35. The lowest BCUT2D eigenvalue weighted by Gasteiger charge is -2.16. The number of aliphatic carboxylic acids is 1. The Kier molecular flexibility index (Phi) is 3.24. The van der Waals surface area contributed by atoms with E-state index in [0.717, 1.165) is 0 Å². The highest BCUT2D eigenvalue weighted by molar-refractivity contribution is 5.67. The Labute approximate surface area is 55.3 Å². The summed E-state index contributed by atoms with van der Waals surface area (Å²) in [6.07, 6.45) is 0.215. The first-order valence-electron chi connectivity index (χ1n) is 2.92. The Morgan fingerprint density at radius 1 is 1.67 bits per heavy atom. The van der Waals surface area contributed by atoms with Crippen molar-refractivity contribution in [2.75, 3.05) is 14.1 Å². The van der Waals surface area contributed by atoms with Crippen LogP contribution < -0.4 is 0 Å². The van der Waals surface area contributed by atoms with Crippen LogP contribution in [0.4, 0.5) is 0 Å². The summed E-state index contributed by atoms with van der Waals surface area (Å²) in [7, 11) is 3.74. The predicted molar refractivity (Wildman–Crippen MR) is 35.4 cm³/mol. The topological polar surface area (TPSA) is 40.5 Å². The van der Waals surface area contributed by atoms with Crippen molar-refractivity contribution in [3.05, 3.63) is 0 Å². The fourth-order valence-electron chi connectivity index (χ4n) is 0.435. The lowest BCUT2D eigenvalue weighted by molar-refractivity contribution is -0.138. The zero-order chi connectivity index (χ0) is 7.44. The monoisotopic (exact) mass is 131 g/mol. The summed E-state index contributed by atoms with van der Waals surface area (Å²) in [6.45, 7) is 1.88. The minimum Gasteiger partial charge on any atom is -0.481 e. The van der Waals surface area contributed by atoms with Crippen LogP contribution in [0.25, 0.3) is 0 Å². The van der Waals surface area contributed by atoms with E-state index < -0.39 is 5.97 Å². The number of nitrogens with zero attached hydrogens (tertiary/aromatic N) is 1. The minimum absolute atomic E-state index is 0.127.